The van der Waals surface area contributed by atoms with Crippen molar-refractivity contribution in [3.05, 3.63) is 23.9 Å². The Morgan fingerprint density at radius 3 is 2.88 bits per heavy atom. The highest BCUT2D eigenvalue weighted by atomic mass is 16.6. The molecule has 0 aromatic carbocycles. The van der Waals surface area contributed by atoms with Crippen molar-refractivity contribution in [3.63, 3.8) is 0 Å². The average Bonchev–Trinajstić information content (AvgIpc) is 2.92. The van der Waals surface area contributed by atoms with Gasteiger partial charge in [0.2, 0.25) is 0 Å². The standard InChI is InChI=1S/C18H25N3O3/c22-17-21(13-18(24-17)5-10-23-11-6-18)16-15(2-1-7-20-16)12-14-3-8-19-9-4-14/h1-2,7,14,19H,3-6,8-13H2. The number of nitrogens with zero attached hydrogens (tertiary/aromatic N) is 2. The van der Waals surface area contributed by atoms with Crippen LogP contribution in [-0.4, -0.2) is 49.5 Å². The topological polar surface area (TPSA) is 63.7 Å². The normalized spacial score (nSPS) is 24.3. The highest BCUT2D eigenvalue weighted by Gasteiger charge is 2.47. The predicted molar refractivity (Wildman–Crippen MR) is 90.1 cm³/mol. The molecule has 3 aliphatic rings. The molecule has 1 N–H and O–H groups in total. The zero-order chi connectivity index (χ0) is 16.4. The van der Waals surface area contributed by atoms with Gasteiger partial charge in [-0.2, -0.15) is 0 Å². The van der Waals surface area contributed by atoms with E-state index in [4.69, 9.17) is 9.47 Å². The van der Waals surface area contributed by atoms with Crippen LogP contribution in [0.5, 0.6) is 0 Å². The van der Waals surface area contributed by atoms with Gasteiger partial charge in [0, 0.05) is 19.0 Å². The van der Waals surface area contributed by atoms with Crippen LogP contribution >= 0.6 is 0 Å². The molecule has 1 amide bonds. The van der Waals surface area contributed by atoms with Crippen LogP contribution in [0.2, 0.25) is 0 Å². The molecule has 1 aromatic heterocycles. The van der Waals surface area contributed by atoms with E-state index in [1.165, 1.54) is 12.8 Å². The largest absolute Gasteiger partial charge is 0.440 e. The number of hydrogen-bond donors (Lipinski definition) is 1. The first-order valence-electron chi connectivity index (χ1n) is 8.99. The molecule has 4 heterocycles. The molecule has 3 fully saturated rings. The second kappa shape index (κ2) is 6.69. The Morgan fingerprint density at radius 2 is 2.08 bits per heavy atom. The minimum Gasteiger partial charge on any atom is -0.440 e. The van der Waals surface area contributed by atoms with Crippen LogP contribution in [0.15, 0.2) is 18.3 Å². The molecule has 0 aliphatic carbocycles. The highest BCUT2D eigenvalue weighted by Crippen LogP contribution is 2.36. The van der Waals surface area contributed by atoms with Gasteiger partial charge in [0.05, 0.1) is 19.8 Å². The second-order valence-electron chi connectivity index (χ2n) is 7.13. The van der Waals surface area contributed by atoms with Gasteiger partial charge in [-0.3, -0.25) is 4.90 Å². The Labute approximate surface area is 142 Å². The van der Waals surface area contributed by atoms with Crippen LogP contribution in [0.1, 0.15) is 31.2 Å². The molecule has 6 heteroatoms. The van der Waals surface area contributed by atoms with Gasteiger partial charge in [-0.15, -0.1) is 0 Å². The van der Waals surface area contributed by atoms with E-state index in [1.54, 1.807) is 11.1 Å². The van der Waals surface area contributed by atoms with E-state index >= 15 is 0 Å². The molecule has 24 heavy (non-hydrogen) atoms. The van der Waals surface area contributed by atoms with Crippen molar-refractivity contribution in [1.82, 2.24) is 10.3 Å². The van der Waals surface area contributed by atoms with Gasteiger partial charge in [-0.05, 0) is 49.9 Å². The van der Waals surface area contributed by atoms with Crippen molar-refractivity contribution >= 4 is 11.9 Å². The molecule has 1 spiro atoms. The maximum absolute atomic E-state index is 12.5. The molecule has 3 saturated heterocycles. The number of carbonyl (C=O) groups is 1. The minimum absolute atomic E-state index is 0.262. The Kier molecular flexibility index (Phi) is 4.41. The summed E-state index contributed by atoms with van der Waals surface area (Å²) in [7, 11) is 0. The van der Waals surface area contributed by atoms with Crippen LogP contribution in [0.4, 0.5) is 10.6 Å². The summed E-state index contributed by atoms with van der Waals surface area (Å²) in [6.45, 7) is 4.06. The van der Waals surface area contributed by atoms with Crippen LogP contribution < -0.4 is 10.2 Å². The van der Waals surface area contributed by atoms with Crippen LogP contribution in [0.25, 0.3) is 0 Å². The minimum atomic E-state index is -0.390. The summed E-state index contributed by atoms with van der Waals surface area (Å²) in [6.07, 6.45) is 6.38. The van der Waals surface area contributed by atoms with Gasteiger partial charge in [-0.25, -0.2) is 9.78 Å². The van der Waals surface area contributed by atoms with Crippen LogP contribution in [-0.2, 0) is 15.9 Å². The molecule has 0 atom stereocenters. The molecular weight excluding hydrogens is 306 g/mol. The second-order valence-corrected chi connectivity index (χ2v) is 7.13. The quantitative estimate of drug-likeness (QED) is 0.919. The first kappa shape index (κ1) is 15.8. The molecule has 0 saturated carbocycles. The number of aromatic nitrogens is 1. The van der Waals surface area contributed by atoms with Gasteiger partial charge in [0.15, 0.2) is 0 Å². The van der Waals surface area contributed by atoms with Crippen molar-refractivity contribution in [2.75, 3.05) is 37.7 Å². The van der Waals surface area contributed by atoms with Crippen molar-refractivity contribution < 1.29 is 14.3 Å². The highest BCUT2D eigenvalue weighted by molar-refractivity contribution is 5.90. The van der Waals surface area contributed by atoms with Gasteiger partial charge in [0.1, 0.15) is 11.4 Å². The summed E-state index contributed by atoms with van der Waals surface area (Å²) in [6, 6.07) is 4.07. The number of pyridine rings is 1. The van der Waals surface area contributed by atoms with Gasteiger partial charge in [-0.1, -0.05) is 6.07 Å². The third-order valence-electron chi connectivity index (χ3n) is 5.46. The number of nitrogens with one attached hydrogen (secondary N) is 1. The summed E-state index contributed by atoms with van der Waals surface area (Å²) in [5, 5.41) is 3.40. The summed E-state index contributed by atoms with van der Waals surface area (Å²) < 4.78 is 11.2. The monoisotopic (exact) mass is 331 g/mol. The Morgan fingerprint density at radius 1 is 1.29 bits per heavy atom. The lowest BCUT2D eigenvalue weighted by atomic mass is 9.90. The summed E-state index contributed by atoms with van der Waals surface area (Å²) in [4.78, 5) is 18.8. The van der Waals surface area contributed by atoms with Crippen LogP contribution in [0.3, 0.4) is 0 Å². The lowest BCUT2D eigenvalue weighted by Gasteiger charge is -2.30. The number of anilines is 1. The summed E-state index contributed by atoms with van der Waals surface area (Å²) in [5.41, 5.74) is 0.768. The summed E-state index contributed by atoms with van der Waals surface area (Å²) in [5.74, 6) is 1.44. The third-order valence-corrected chi connectivity index (χ3v) is 5.46. The van der Waals surface area contributed by atoms with Crippen molar-refractivity contribution in [3.8, 4) is 0 Å². The number of ether oxygens (including phenoxy) is 2. The van der Waals surface area contributed by atoms with Crippen molar-refractivity contribution in [1.29, 1.82) is 0 Å². The Hall–Kier alpha value is -1.66. The fourth-order valence-electron chi connectivity index (χ4n) is 4.02. The summed E-state index contributed by atoms with van der Waals surface area (Å²) >= 11 is 0. The number of hydrogen-bond acceptors (Lipinski definition) is 5. The smallest absolute Gasteiger partial charge is 0.416 e. The maximum Gasteiger partial charge on any atom is 0.416 e. The fraction of sp³-hybridized carbons (Fsp3) is 0.667. The van der Waals surface area contributed by atoms with E-state index in [0.717, 1.165) is 43.7 Å². The first-order chi connectivity index (χ1) is 11.8. The Bertz CT molecular complexity index is 595. The molecule has 4 rings (SSSR count). The lowest BCUT2D eigenvalue weighted by molar-refractivity contribution is -0.0431. The number of carbonyl (C=O) groups excluding carboxylic acids is 1. The molecule has 3 aliphatic heterocycles. The zero-order valence-corrected chi connectivity index (χ0v) is 14.0. The molecule has 0 bridgehead atoms. The lowest BCUT2D eigenvalue weighted by Crippen LogP contribution is -2.40. The fourth-order valence-corrected chi connectivity index (χ4v) is 4.02. The zero-order valence-electron chi connectivity index (χ0n) is 14.0. The number of amides is 1. The molecule has 130 valence electrons. The van der Waals surface area contributed by atoms with Crippen molar-refractivity contribution in [2.45, 2.75) is 37.7 Å². The molecule has 6 nitrogen and oxygen atoms in total. The van der Waals surface area contributed by atoms with Gasteiger partial charge < -0.3 is 14.8 Å². The number of piperidine rings is 1. The molecular formula is C18H25N3O3. The van der Waals surface area contributed by atoms with E-state index < -0.39 is 0 Å². The van der Waals surface area contributed by atoms with E-state index in [9.17, 15) is 4.79 Å². The SMILES string of the molecule is O=C1OC2(CCOCC2)CN1c1ncccc1CC1CCNCC1. The van der Waals surface area contributed by atoms with Crippen molar-refractivity contribution in [2.24, 2.45) is 5.92 Å². The molecule has 0 radical (unpaired) electrons. The van der Waals surface area contributed by atoms with Crippen LogP contribution in [0, 0.1) is 5.92 Å². The molecule has 0 unspecified atom stereocenters. The van der Waals surface area contributed by atoms with Gasteiger partial charge in [0.25, 0.3) is 0 Å². The maximum atomic E-state index is 12.5. The van der Waals surface area contributed by atoms with E-state index in [2.05, 4.69) is 16.4 Å². The Balaban J connectivity index is 1.54. The predicted octanol–water partition coefficient (Wildman–Crippen LogP) is 2.13. The van der Waals surface area contributed by atoms with E-state index in [-0.39, 0.29) is 11.7 Å². The average molecular weight is 331 g/mol. The van der Waals surface area contributed by atoms with E-state index in [0.29, 0.717) is 25.7 Å². The first-order valence-corrected chi connectivity index (χ1v) is 8.99. The third kappa shape index (κ3) is 3.13. The van der Waals surface area contributed by atoms with E-state index in [1.807, 2.05) is 6.07 Å². The molecule has 1 aromatic rings. The van der Waals surface area contributed by atoms with Gasteiger partial charge >= 0.3 is 6.09 Å². The number of rotatable bonds is 3.